The molecule has 28 heavy (non-hydrogen) atoms. The second-order valence-electron chi connectivity index (χ2n) is 8.72. The minimum absolute atomic E-state index is 0.0433. The summed E-state index contributed by atoms with van der Waals surface area (Å²) in [5.74, 6) is -0.340. The molecule has 1 fully saturated rings. The highest BCUT2D eigenvalue weighted by molar-refractivity contribution is 7.14. The van der Waals surface area contributed by atoms with Crippen LogP contribution in [0, 0.1) is 0 Å². The minimum atomic E-state index is -0.196. The Kier molecular flexibility index (Phi) is 5.86. The lowest BCUT2D eigenvalue weighted by molar-refractivity contribution is -0.115. The smallest absolute Gasteiger partial charge is 0.271 e. The third kappa shape index (κ3) is 5.62. The lowest BCUT2D eigenvalue weighted by atomic mass is 9.79. The molecule has 7 heteroatoms. The molecule has 0 spiro atoms. The van der Waals surface area contributed by atoms with Crippen LogP contribution in [0.5, 0.6) is 0 Å². The van der Waals surface area contributed by atoms with Gasteiger partial charge >= 0.3 is 0 Å². The Morgan fingerprint density at radius 3 is 2.43 bits per heavy atom. The topological polar surface area (TPSA) is 83.1 Å². The van der Waals surface area contributed by atoms with Gasteiger partial charge in [-0.25, -0.2) is 4.98 Å². The van der Waals surface area contributed by atoms with Crippen LogP contribution >= 0.6 is 11.3 Å². The van der Waals surface area contributed by atoms with Gasteiger partial charge in [0.05, 0.1) is 6.42 Å². The Hall–Kier alpha value is -2.25. The van der Waals surface area contributed by atoms with Gasteiger partial charge in [-0.1, -0.05) is 30.3 Å². The van der Waals surface area contributed by atoms with Crippen molar-refractivity contribution in [3.8, 4) is 0 Å². The van der Waals surface area contributed by atoms with Crippen molar-refractivity contribution >= 4 is 28.3 Å². The summed E-state index contributed by atoms with van der Waals surface area (Å²) < 4.78 is 0. The highest BCUT2D eigenvalue weighted by Crippen LogP contribution is 2.28. The van der Waals surface area contributed by atoms with Crippen molar-refractivity contribution in [2.75, 3.05) is 5.32 Å². The number of nitrogens with one attached hydrogen (secondary N) is 3. The van der Waals surface area contributed by atoms with Crippen LogP contribution in [0.4, 0.5) is 5.13 Å². The van der Waals surface area contributed by atoms with Crippen molar-refractivity contribution in [2.45, 2.75) is 64.1 Å². The summed E-state index contributed by atoms with van der Waals surface area (Å²) in [4.78, 5) is 29.1. The van der Waals surface area contributed by atoms with Gasteiger partial charge in [0, 0.05) is 22.5 Å². The summed E-state index contributed by atoms with van der Waals surface area (Å²) in [6, 6.07) is 9.61. The third-order valence-electron chi connectivity index (χ3n) is 4.72. The second-order valence-corrected chi connectivity index (χ2v) is 9.58. The van der Waals surface area contributed by atoms with E-state index in [4.69, 9.17) is 0 Å². The molecule has 0 radical (unpaired) electrons. The van der Waals surface area contributed by atoms with Gasteiger partial charge in [-0.3, -0.25) is 9.59 Å². The maximum atomic E-state index is 12.6. The van der Waals surface area contributed by atoms with Crippen molar-refractivity contribution in [2.24, 2.45) is 0 Å². The number of thiazole rings is 1. The molecule has 1 aromatic heterocycles. The number of aromatic nitrogens is 1. The Morgan fingerprint density at radius 1 is 1.14 bits per heavy atom. The largest absolute Gasteiger partial charge is 0.348 e. The molecule has 150 valence electrons. The molecule has 3 N–H and O–H groups in total. The Labute approximate surface area is 170 Å². The van der Waals surface area contributed by atoms with Crippen LogP contribution in [0.15, 0.2) is 35.7 Å². The fourth-order valence-corrected chi connectivity index (χ4v) is 4.77. The van der Waals surface area contributed by atoms with E-state index in [2.05, 4.69) is 48.6 Å². The number of piperidine rings is 1. The molecule has 0 unspecified atom stereocenters. The van der Waals surface area contributed by atoms with Crippen molar-refractivity contribution in [3.63, 3.8) is 0 Å². The van der Waals surface area contributed by atoms with Gasteiger partial charge in [0.25, 0.3) is 5.91 Å². The molecule has 1 aliphatic rings. The average molecular weight is 401 g/mol. The van der Waals surface area contributed by atoms with Crippen LogP contribution in [0.2, 0.25) is 0 Å². The van der Waals surface area contributed by atoms with Crippen molar-refractivity contribution in [3.05, 3.63) is 47.0 Å². The van der Waals surface area contributed by atoms with E-state index in [1.165, 1.54) is 11.3 Å². The molecule has 2 heterocycles. The van der Waals surface area contributed by atoms with Crippen LogP contribution < -0.4 is 16.0 Å². The molecule has 1 aromatic carbocycles. The molecule has 1 aliphatic heterocycles. The molecule has 0 bridgehead atoms. The van der Waals surface area contributed by atoms with Gasteiger partial charge < -0.3 is 16.0 Å². The maximum Gasteiger partial charge on any atom is 0.271 e. The number of hydrogen-bond acceptors (Lipinski definition) is 5. The molecule has 3 rings (SSSR count). The van der Waals surface area contributed by atoms with E-state index in [9.17, 15) is 9.59 Å². The van der Waals surface area contributed by atoms with E-state index in [0.717, 1.165) is 18.4 Å². The fraction of sp³-hybridized carbons (Fsp3) is 0.476. The normalized spacial score (nSPS) is 18.4. The molecule has 0 atom stereocenters. The first-order valence-electron chi connectivity index (χ1n) is 9.51. The van der Waals surface area contributed by atoms with E-state index < -0.39 is 0 Å². The predicted molar refractivity (Wildman–Crippen MR) is 113 cm³/mol. The summed E-state index contributed by atoms with van der Waals surface area (Å²) >= 11 is 1.26. The van der Waals surface area contributed by atoms with Crippen LogP contribution in [0.25, 0.3) is 0 Å². The van der Waals surface area contributed by atoms with Gasteiger partial charge in [0.2, 0.25) is 5.91 Å². The number of amides is 2. The first-order valence-corrected chi connectivity index (χ1v) is 10.4. The summed E-state index contributed by atoms with van der Waals surface area (Å²) in [6.07, 6.45) is 1.99. The van der Waals surface area contributed by atoms with Crippen molar-refractivity contribution in [1.82, 2.24) is 15.6 Å². The second kappa shape index (κ2) is 8.01. The average Bonchev–Trinajstić information content (AvgIpc) is 3.01. The molecule has 6 nitrogen and oxygen atoms in total. The van der Waals surface area contributed by atoms with Gasteiger partial charge in [-0.15, -0.1) is 11.3 Å². The van der Waals surface area contributed by atoms with Gasteiger partial charge in [0.1, 0.15) is 5.69 Å². The lowest BCUT2D eigenvalue weighted by Gasteiger charge is -2.46. The molecular weight excluding hydrogens is 372 g/mol. The first kappa shape index (κ1) is 20.5. The zero-order chi connectivity index (χ0) is 20.4. The van der Waals surface area contributed by atoms with Crippen LogP contribution in [0.1, 0.15) is 56.6 Å². The van der Waals surface area contributed by atoms with E-state index in [0.29, 0.717) is 10.8 Å². The molecule has 2 amide bonds. The predicted octanol–water partition coefficient (Wildman–Crippen LogP) is 3.36. The summed E-state index contributed by atoms with van der Waals surface area (Å²) in [7, 11) is 0. The zero-order valence-corrected chi connectivity index (χ0v) is 17.7. The van der Waals surface area contributed by atoms with Crippen molar-refractivity contribution < 1.29 is 9.59 Å². The Balaban J connectivity index is 1.57. The monoisotopic (exact) mass is 400 g/mol. The quantitative estimate of drug-likeness (QED) is 0.719. The highest BCUT2D eigenvalue weighted by Gasteiger charge is 2.38. The Bertz CT molecular complexity index is 829. The molecule has 2 aromatic rings. The number of carbonyl (C=O) groups is 2. The molecule has 0 aliphatic carbocycles. The summed E-state index contributed by atoms with van der Waals surface area (Å²) in [5, 5.41) is 11.6. The number of rotatable bonds is 5. The number of anilines is 1. The maximum absolute atomic E-state index is 12.6. The summed E-state index contributed by atoms with van der Waals surface area (Å²) in [6.45, 7) is 8.60. The molecule has 1 saturated heterocycles. The van der Waals surface area contributed by atoms with Crippen LogP contribution in [-0.2, 0) is 11.2 Å². The van der Waals surface area contributed by atoms with Gasteiger partial charge in [0.15, 0.2) is 5.13 Å². The third-order valence-corrected chi connectivity index (χ3v) is 5.47. The first-order chi connectivity index (χ1) is 13.1. The van der Waals surface area contributed by atoms with Gasteiger partial charge in [-0.05, 0) is 46.1 Å². The van der Waals surface area contributed by atoms with Gasteiger partial charge in [-0.2, -0.15) is 0 Å². The molecular formula is C21H28N4O2S. The number of nitrogens with zero attached hydrogens (tertiary/aromatic N) is 1. The number of hydrogen-bond donors (Lipinski definition) is 3. The SMILES string of the molecule is CC1(C)CC(NC(=O)c2csc(NC(=O)Cc3ccccc3)n2)CC(C)(C)N1. The van der Waals surface area contributed by atoms with E-state index >= 15 is 0 Å². The van der Waals surface area contributed by atoms with E-state index in [1.54, 1.807) is 5.38 Å². The van der Waals surface area contributed by atoms with Crippen LogP contribution in [0.3, 0.4) is 0 Å². The standard InChI is InChI=1S/C21H28N4O2S/c1-20(2)11-15(12-21(3,4)25-20)22-18(27)16-13-28-19(23-16)24-17(26)10-14-8-6-5-7-9-14/h5-9,13,15,25H,10-12H2,1-4H3,(H,22,27)(H,23,24,26). The minimum Gasteiger partial charge on any atom is -0.348 e. The fourth-order valence-electron chi connectivity index (χ4n) is 4.06. The van der Waals surface area contributed by atoms with Crippen LogP contribution in [-0.4, -0.2) is 33.9 Å². The Morgan fingerprint density at radius 2 is 1.79 bits per heavy atom. The van der Waals surface area contributed by atoms with E-state index in [1.807, 2.05) is 30.3 Å². The zero-order valence-electron chi connectivity index (χ0n) is 16.8. The number of carbonyl (C=O) groups excluding carboxylic acids is 2. The van der Waals surface area contributed by atoms with E-state index in [-0.39, 0.29) is 35.4 Å². The summed E-state index contributed by atoms with van der Waals surface area (Å²) in [5.41, 5.74) is 1.19. The number of benzene rings is 1. The molecule has 0 saturated carbocycles. The lowest BCUT2D eigenvalue weighted by Crippen LogP contribution is -2.62. The highest BCUT2D eigenvalue weighted by atomic mass is 32.1. The van der Waals surface area contributed by atoms with Crippen molar-refractivity contribution in [1.29, 1.82) is 0 Å².